The minimum absolute atomic E-state index is 0.198. The lowest BCUT2D eigenvalue weighted by molar-refractivity contribution is 0.0223. The summed E-state index contributed by atoms with van der Waals surface area (Å²) >= 11 is 0. The Hall–Kier alpha value is -1.22. The molecule has 66 valence electrons. The number of rotatable bonds is 4. The van der Waals surface area contributed by atoms with Crippen LogP contribution in [0.5, 0.6) is 11.5 Å². The van der Waals surface area contributed by atoms with E-state index in [-0.39, 0.29) is 12.5 Å². The molecule has 0 bridgehead atoms. The number of aromatic hydroxyl groups is 1. The quantitative estimate of drug-likeness (QED) is 0.550. The predicted octanol–water partition coefficient (Wildman–Crippen LogP) is 1.76. The molecule has 0 heterocycles. The Balaban J connectivity index is 2.41. The number of ether oxygens (including phenoxy) is 2. The van der Waals surface area contributed by atoms with Gasteiger partial charge in [-0.25, -0.2) is 0 Å². The van der Waals surface area contributed by atoms with Crippen molar-refractivity contribution in [1.29, 1.82) is 0 Å². The van der Waals surface area contributed by atoms with E-state index >= 15 is 0 Å². The molecule has 0 saturated carbocycles. The Morgan fingerprint density at radius 3 is 2.92 bits per heavy atom. The minimum atomic E-state index is 0.198. The summed E-state index contributed by atoms with van der Waals surface area (Å²) < 4.78 is 10.1. The highest BCUT2D eigenvalue weighted by Crippen LogP contribution is 2.17. The maximum absolute atomic E-state index is 9.05. The zero-order valence-electron chi connectivity index (χ0n) is 6.99. The molecular formula is C9H12O3. The molecule has 1 aromatic carbocycles. The predicted molar refractivity (Wildman–Crippen MR) is 45.2 cm³/mol. The molecule has 3 nitrogen and oxygen atoms in total. The van der Waals surface area contributed by atoms with Crippen LogP contribution in [-0.4, -0.2) is 18.5 Å². The molecule has 0 aliphatic rings. The van der Waals surface area contributed by atoms with Gasteiger partial charge in [0.25, 0.3) is 0 Å². The third-order valence-electron chi connectivity index (χ3n) is 1.33. The Bertz CT molecular complexity index is 235. The standard InChI is InChI=1S/C9H12O3/c1-2-11-7-12-9-5-3-4-8(10)6-9/h3-6,10H,2,7H2,1H3. The van der Waals surface area contributed by atoms with Crippen LogP contribution >= 0.6 is 0 Å². The summed E-state index contributed by atoms with van der Waals surface area (Å²) in [5.74, 6) is 0.812. The number of hydrogen-bond acceptors (Lipinski definition) is 3. The van der Waals surface area contributed by atoms with Gasteiger partial charge in [-0.05, 0) is 19.1 Å². The molecule has 0 spiro atoms. The Labute approximate surface area is 71.5 Å². The van der Waals surface area contributed by atoms with Crippen molar-refractivity contribution in [3.05, 3.63) is 24.3 Å². The largest absolute Gasteiger partial charge is 0.508 e. The first kappa shape index (κ1) is 8.87. The summed E-state index contributed by atoms with van der Waals surface area (Å²) in [5, 5.41) is 9.05. The fourth-order valence-corrected chi connectivity index (χ4v) is 0.766. The second kappa shape index (κ2) is 4.62. The topological polar surface area (TPSA) is 38.7 Å². The fraction of sp³-hybridized carbons (Fsp3) is 0.333. The van der Waals surface area contributed by atoms with Gasteiger partial charge in [-0.15, -0.1) is 0 Å². The molecule has 0 amide bonds. The lowest BCUT2D eigenvalue weighted by Crippen LogP contribution is -2.01. The summed E-state index contributed by atoms with van der Waals surface area (Å²) in [7, 11) is 0. The van der Waals surface area contributed by atoms with Gasteiger partial charge in [0.2, 0.25) is 0 Å². The van der Waals surface area contributed by atoms with Crippen LogP contribution < -0.4 is 4.74 Å². The van der Waals surface area contributed by atoms with Crippen molar-refractivity contribution < 1.29 is 14.6 Å². The van der Waals surface area contributed by atoms with Gasteiger partial charge in [0, 0.05) is 12.7 Å². The zero-order chi connectivity index (χ0) is 8.81. The number of phenols is 1. The van der Waals surface area contributed by atoms with E-state index in [9.17, 15) is 0 Å². The van der Waals surface area contributed by atoms with Crippen LogP contribution in [0.4, 0.5) is 0 Å². The van der Waals surface area contributed by atoms with E-state index in [1.165, 1.54) is 0 Å². The van der Waals surface area contributed by atoms with Gasteiger partial charge >= 0.3 is 0 Å². The summed E-state index contributed by atoms with van der Waals surface area (Å²) in [6, 6.07) is 6.61. The molecule has 0 aliphatic carbocycles. The van der Waals surface area contributed by atoms with Gasteiger partial charge < -0.3 is 14.6 Å². The van der Waals surface area contributed by atoms with Crippen LogP contribution in [0.25, 0.3) is 0 Å². The van der Waals surface area contributed by atoms with Crippen molar-refractivity contribution in [2.45, 2.75) is 6.92 Å². The molecule has 1 rings (SSSR count). The van der Waals surface area contributed by atoms with Gasteiger partial charge in [0.05, 0.1) is 0 Å². The van der Waals surface area contributed by atoms with E-state index in [1.54, 1.807) is 24.3 Å². The highest BCUT2D eigenvalue weighted by molar-refractivity contribution is 5.31. The SMILES string of the molecule is CCOCOc1cccc(O)c1. The summed E-state index contributed by atoms with van der Waals surface area (Å²) in [6.07, 6.45) is 0. The fourth-order valence-electron chi connectivity index (χ4n) is 0.766. The Morgan fingerprint density at radius 1 is 1.42 bits per heavy atom. The number of hydrogen-bond donors (Lipinski definition) is 1. The minimum Gasteiger partial charge on any atom is -0.508 e. The summed E-state index contributed by atoms with van der Waals surface area (Å²) in [6.45, 7) is 2.74. The highest BCUT2D eigenvalue weighted by Gasteiger charge is 1.93. The van der Waals surface area contributed by atoms with Crippen molar-refractivity contribution in [2.75, 3.05) is 13.4 Å². The van der Waals surface area contributed by atoms with Crippen molar-refractivity contribution >= 4 is 0 Å². The first-order chi connectivity index (χ1) is 5.83. The molecule has 12 heavy (non-hydrogen) atoms. The molecule has 0 aromatic heterocycles. The first-order valence-electron chi connectivity index (χ1n) is 3.82. The van der Waals surface area contributed by atoms with Gasteiger partial charge in [-0.3, -0.25) is 0 Å². The number of benzene rings is 1. The average Bonchev–Trinajstić information content (AvgIpc) is 2.05. The van der Waals surface area contributed by atoms with Gasteiger partial charge in [-0.1, -0.05) is 6.07 Å². The molecule has 0 radical (unpaired) electrons. The van der Waals surface area contributed by atoms with E-state index in [2.05, 4.69) is 0 Å². The van der Waals surface area contributed by atoms with Crippen molar-refractivity contribution in [1.82, 2.24) is 0 Å². The third-order valence-corrected chi connectivity index (χ3v) is 1.33. The normalized spacial score (nSPS) is 9.75. The molecule has 0 unspecified atom stereocenters. The van der Waals surface area contributed by atoms with Crippen molar-refractivity contribution in [2.24, 2.45) is 0 Å². The van der Waals surface area contributed by atoms with Crippen LogP contribution in [0.15, 0.2) is 24.3 Å². The smallest absolute Gasteiger partial charge is 0.189 e. The molecule has 0 aliphatic heterocycles. The number of phenolic OH excluding ortho intramolecular Hbond substituents is 1. The van der Waals surface area contributed by atoms with E-state index in [4.69, 9.17) is 14.6 Å². The molecule has 0 fully saturated rings. The highest BCUT2D eigenvalue weighted by atomic mass is 16.7. The van der Waals surface area contributed by atoms with E-state index in [1.807, 2.05) is 6.92 Å². The maximum Gasteiger partial charge on any atom is 0.189 e. The van der Waals surface area contributed by atoms with Gasteiger partial charge in [0.1, 0.15) is 11.5 Å². The van der Waals surface area contributed by atoms with Crippen LogP contribution in [-0.2, 0) is 4.74 Å². The van der Waals surface area contributed by atoms with Crippen molar-refractivity contribution in [3.63, 3.8) is 0 Å². The van der Waals surface area contributed by atoms with Gasteiger partial charge in [-0.2, -0.15) is 0 Å². The van der Waals surface area contributed by atoms with Crippen molar-refractivity contribution in [3.8, 4) is 11.5 Å². The second-order valence-electron chi connectivity index (χ2n) is 2.25. The lowest BCUT2D eigenvalue weighted by Gasteiger charge is -2.05. The molecule has 0 saturated heterocycles. The van der Waals surface area contributed by atoms with Crippen LogP contribution in [0.3, 0.4) is 0 Å². The molecular weight excluding hydrogens is 156 g/mol. The molecule has 3 heteroatoms. The zero-order valence-corrected chi connectivity index (χ0v) is 6.99. The third kappa shape index (κ3) is 2.80. The van der Waals surface area contributed by atoms with Crippen LogP contribution in [0.2, 0.25) is 0 Å². The lowest BCUT2D eigenvalue weighted by atomic mass is 10.3. The van der Waals surface area contributed by atoms with Crippen LogP contribution in [0.1, 0.15) is 6.92 Å². The molecule has 0 atom stereocenters. The van der Waals surface area contributed by atoms with E-state index in [0.29, 0.717) is 12.4 Å². The first-order valence-corrected chi connectivity index (χ1v) is 3.82. The average molecular weight is 168 g/mol. The Morgan fingerprint density at radius 2 is 2.25 bits per heavy atom. The summed E-state index contributed by atoms with van der Waals surface area (Å²) in [4.78, 5) is 0. The Kier molecular flexibility index (Phi) is 3.41. The summed E-state index contributed by atoms with van der Waals surface area (Å²) in [5.41, 5.74) is 0. The molecule has 1 N–H and O–H groups in total. The van der Waals surface area contributed by atoms with E-state index in [0.717, 1.165) is 0 Å². The monoisotopic (exact) mass is 168 g/mol. The van der Waals surface area contributed by atoms with Gasteiger partial charge in [0.15, 0.2) is 6.79 Å². The maximum atomic E-state index is 9.05. The van der Waals surface area contributed by atoms with Crippen LogP contribution in [0, 0.1) is 0 Å². The second-order valence-corrected chi connectivity index (χ2v) is 2.25. The van der Waals surface area contributed by atoms with E-state index < -0.39 is 0 Å². The molecule has 1 aromatic rings.